The quantitative estimate of drug-likeness (QED) is 0.714. The molecule has 1 aliphatic rings. The van der Waals surface area contributed by atoms with Crippen LogP contribution in [0.5, 0.6) is 0 Å². The minimum absolute atomic E-state index is 0.0204. The Labute approximate surface area is 113 Å². The van der Waals surface area contributed by atoms with Gasteiger partial charge in [-0.15, -0.1) is 0 Å². The lowest BCUT2D eigenvalue weighted by Gasteiger charge is -2.40. The van der Waals surface area contributed by atoms with E-state index in [1.165, 1.54) is 21.9 Å². The average Bonchev–Trinajstić information content (AvgIpc) is 2.34. The van der Waals surface area contributed by atoms with Crippen LogP contribution in [-0.4, -0.2) is 10.5 Å². The molecule has 0 saturated heterocycles. The SMILES string of the molecule is C[C@@H]1c2ccc3ccccc3c2C(=S)NC1(C)C. The van der Waals surface area contributed by atoms with Crippen LogP contribution >= 0.6 is 12.2 Å². The smallest absolute Gasteiger partial charge is 0.107 e. The molecule has 0 radical (unpaired) electrons. The van der Waals surface area contributed by atoms with Crippen LogP contribution in [-0.2, 0) is 0 Å². The molecule has 18 heavy (non-hydrogen) atoms. The molecule has 2 aromatic rings. The normalized spacial score (nSPS) is 21.5. The van der Waals surface area contributed by atoms with Gasteiger partial charge in [0.15, 0.2) is 0 Å². The Hall–Kier alpha value is -1.41. The van der Waals surface area contributed by atoms with Crippen LogP contribution < -0.4 is 5.32 Å². The number of thiocarbonyl (C=S) groups is 1. The van der Waals surface area contributed by atoms with Crippen LogP contribution in [0.25, 0.3) is 10.8 Å². The number of benzene rings is 2. The lowest BCUT2D eigenvalue weighted by Crippen LogP contribution is -2.50. The molecule has 1 atom stereocenters. The lowest BCUT2D eigenvalue weighted by atomic mass is 9.77. The van der Waals surface area contributed by atoms with Gasteiger partial charge in [-0.3, -0.25) is 0 Å². The highest BCUT2D eigenvalue weighted by Gasteiger charge is 2.35. The minimum Gasteiger partial charge on any atom is -0.370 e. The number of hydrogen-bond donors (Lipinski definition) is 1. The van der Waals surface area contributed by atoms with Crippen molar-refractivity contribution in [1.82, 2.24) is 5.32 Å². The topological polar surface area (TPSA) is 12.0 Å². The molecule has 1 nitrogen and oxygen atoms in total. The largest absolute Gasteiger partial charge is 0.370 e. The fourth-order valence-corrected chi connectivity index (χ4v) is 3.25. The van der Waals surface area contributed by atoms with Crippen molar-refractivity contribution in [3.63, 3.8) is 0 Å². The Morgan fingerprint density at radius 2 is 1.83 bits per heavy atom. The molecule has 0 spiro atoms. The zero-order chi connectivity index (χ0) is 12.9. The highest BCUT2D eigenvalue weighted by molar-refractivity contribution is 7.80. The minimum atomic E-state index is 0.0204. The molecule has 1 aliphatic heterocycles. The van der Waals surface area contributed by atoms with Crippen molar-refractivity contribution in [3.8, 4) is 0 Å². The molecule has 0 unspecified atom stereocenters. The molecule has 0 bridgehead atoms. The Balaban J connectivity index is 2.35. The fourth-order valence-electron chi connectivity index (χ4n) is 2.75. The van der Waals surface area contributed by atoms with Gasteiger partial charge >= 0.3 is 0 Å². The van der Waals surface area contributed by atoms with E-state index < -0.39 is 0 Å². The summed E-state index contributed by atoms with van der Waals surface area (Å²) in [6.07, 6.45) is 0. The third-order valence-corrected chi connectivity index (χ3v) is 4.48. The number of fused-ring (bicyclic) bond motifs is 3. The van der Waals surface area contributed by atoms with Crippen molar-refractivity contribution < 1.29 is 0 Å². The van der Waals surface area contributed by atoms with Gasteiger partial charge < -0.3 is 5.32 Å². The summed E-state index contributed by atoms with van der Waals surface area (Å²) in [7, 11) is 0. The van der Waals surface area contributed by atoms with Crippen molar-refractivity contribution in [2.75, 3.05) is 0 Å². The summed E-state index contributed by atoms with van der Waals surface area (Å²) in [5.41, 5.74) is 2.60. The van der Waals surface area contributed by atoms with Gasteiger partial charge in [0.1, 0.15) is 4.99 Å². The number of rotatable bonds is 0. The fraction of sp³-hybridized carbons (Fsp3) is 0.312. The maximum atomic E-state index is 5.58. The van der Waals surface area contributed by atoms with E-state index in [2.05, 4.69) is 62.5 Å². The molecule has 1 N–H and O–H groups in total. The third-order valence-electron chi connectivity index (χ3n) is 4.17. The average molecular weight is 255 g/mol. The van der Waals surface area contributed by atoms with Crippen molar-refractivity contribution in [2.45, 2.75) is 32.2 Å². The molecular weight excluding hydrogens is 238 g/mol. The summed E-state index contributed by atoms with van der Waals surface area (Å²) in [5, 5.41) is 6.00. The number of nitrogens with one attached hydrogen (secondary N) is 1. The Bertz CT molecular complexity index is 643. The van der Waals surface area contributed by atoms with Gasteiger partial charge in [0.25, 0.3) is 0 Å². The van der Waals surface area contributed by atoms with Crippen LogP contribution in [0.4, 0.5) is 0 Å². The van der Waals surface area contributed by atoms with E-state index in [1.807, 2.05) is 0 Å². The first-order chi connectivity index (χ1) is 8.50. The van der Waals surface area contributed by atoms with Crippen LogP contribution in [0.3, 0.4) is 0 Å². The van der Waals surface area contributed by atoms with E-state index in [0.29, 0.717) is 5.92 Å². The molecule has 92 valence electrons. The first kappa shape index (κ1) is 11.7. The summed E-state index contributed by atoms with van der Waals surface area (Å²) in [6, 6.07) is 12.9. The highest BCUT2D eigenvalue weighted by Crippen LogP contribution is 2.37. The predicted octanol–water partition coefficient (Wildman–Crippen LogP) is 4.00. The summed E-state index contributed by atoms with van der Waals surface area (Å²) in [4.78, 5) is 0.880. The first-order valence-electron chi connectivity index (χ1n) is 6.35. The van der Waals surface area contributed by atoms with Gasteiger partial charge in [-0.05, 0) is 30.2 Å². The van der Waals surface area contributed by atoms with Crippen molar-refractivity contribution in [1.29, 1.82) is 0 Å². The Morgan fingerprint density at radius 3 is 2.61 bits per heavy atom. The highest BCUT2D eigenvalue weighted by atomic mass is 32.1. The van der Waals surface area contributed by atoms with E-state index in [0.717, 1.165) is 4.99 Å². The molecule has 0 fully saturated rings. The van der Waals surface area contributed by atoms with Gasteiger partial charge in [-0.1, -0.05) is 55.5 Å². The maximum absolute atomic E-state index is 5.58. The maximum Gasteiger partial charge on any atom is 0.107 e. The second kappa shape index (κ2) is 3.79. The lowest BCUT2D eigenvalue weighted by molar-refractivity contribution is 0.382. The summed E-state index contributed by atoms with van der Waals surface area (Å²) < 4.78 is 0. The Morgan fingerprint density at radius 1 is 1.11 bits per heavy atom. The van der Waals surface area contributed by atoms with Crippen molar-refractivity contribution in [2.24, 2.45) is 0 Å². The van der Waals surface area contributed by atoms with E-state index in [4.69, 9.17) is 12.2 Å². The molecule has 0 aliphatic carbocycles. The van der Waals surface area contributed by atoms with Crippen LogP contribution in [0.1, 0.15) is 37.8 Å². The summed E-state index contributed by atoms with van der Waals surface area (Å²) in [6.45, 7) is 6.69. The molecule has 2 aromatic carbocycles. The predicted molar refractivity (Wildman–Crippen MR) is 81.3 cm³/mol. The Kier molecular flexibility index (Phi) is 2.46. The number of hydrogen-bond acceptors (Lipinski definition) is 1. The first-order valence-corrected chi connectivity index (χ1v) is 6.76. The zero-order valence-corrected chi connectivity index (χ0v) is 11.8. The molecule has 3 rings (SSSR count). The van der Waals surface area contributed by atoms with Gasteiger partial charge in [0.2, 0.25) is 0 Å². The van der Waals surface area contributed by atoms with Crippen LogP contribution in [0.15, 0.2) is 36.4 Å². The van der Waals surface area contributed by atoms with Crippen molar-refractivity contribution in [3.05, 3.63) is 47.5 Å². The van der Waals surface area contributed by atoms with Gasteiger partial charge in [-0.2, -0.15) is 0 Å². The van der Waals surface area contributed by atoms with Gasteiger partial charge in [-0.25, -0.2) is 0 Å². The monoisotopic (exact) mass is 255 g/mol. The van der Waals surface area contributed by atoms with Gasteiger partial charge in [0, 0.05) is 17.0 Å². The zero-order valence-electron chi connectivity index (χ0n) is 10.9. The second-order valence-corrected chi connectivity index (χ2v) is 6.06. The molecule has 0 amide bonds. The third kappa shape index (κ3) is 1.56. The van der Waals surface area contributed by atoms with E-state index in [9.17, 15) is 0 Å². The van der Waals surface area contributed by atoms with Crippen molar-refractivity contribution >= 4 is 28.0 Å². The van der Waals surface area contributed by atoms with Crippen LogP contribution in [0.2, 0.25) is 0 Å². The van der Waals surface area contributed by atoms with Gasteiger partial charge in [0.05, 0.1) is 0 Å². The molecular formula is C16H17NS. The molecule has 0 saturated carbocycles. The summed E-state index contributed by atoms with van der Waals surface area (Å²) in [5.74, 6) is 0.448. The van der Waals surface area contributed by atoms with E-state index >= 15 is 0 Å². The van der Waals surface area contributed by atoms with Crippen LogP contribution in [0, 0.1) is 0 Å². The van der Waals surface area contributed by atoms with E-state index in [-0.39, 0.29) is 5.54 Å². The molecule has 0 aromatic heterocycles. The summed E-state index contributed by atoms with van der Waals surface area (Å²) >= 11 is 5.58. The molecule has 2 heteroatoms. The molecule has 1 heterocycles. The second-order valence-electron chi connectivity index (χ2n) is 5.65. The van der Waals surface area contributed by atoms with E-state index in [1.54, 1.807) is 0 Å². The standard InChI is InChI=1S/C16H17NS/c1-10-12-9-8-11-6-4-5-7-13(11)14(12)15(18)17-16(10,2)3/h4-10H,1-3H3,(H,17,18)/t10-/m1/s1.